The molecular formula is C44H58BrN3O7. The van der Waals surface area contributed by atoms with Crippen LogP contribution < -0.4 is 0 Å². The Morgan fingerprint density at radius 3 is 2.18 bits per heavy atom. The molecule has 0 radical (unpaired) electrons. The number of hydrogen-bond donors (Lipinski definition) is 1. The quantitative estimate of drug-likeness (QED) is 0.113. The number of nitrogens with zero attached hydrogens (tertiary/aromatic N) is 3. The van der Waals surface area contributed by atoms with E-state index in [0.717, 1.165) is 0 Å². The van der Waals surface area contributed by atoms with Crippen LogP contribution in [0, 0.1) is 17.3 Å². The Hall–Kier alpha value is -3.80. The fourth-order valence-electron chi connectivity index (χ4n) is 9.41. The van der Waals surface area contributed by atoms with Gasteiger partial charge in [-0.25, -0.2) is 0 Å². The van der Waals surface area contributed by atoms with E-state index in [1.54, 1.807) is 29.0 Å². The fraction of sp³-hybridized carbons (Fsp3) is 0.545. The number of benzene rings is 2. The Morgan fingerprint density at radius 2 is 1.64 bits per heavy atom. The van der Waals surface area contributed by atoms with Crippen LogP contribution in [0.4, 0.5) is 0 Å². The molecule has 3 aliphatic heterocycles. The van der Waals surface area contributed by atoms with Gasteiger partial charge in [0.2, 0.25) is 17.7 Å². The zero-order valence-electron chi connectivity index (χ0n) is 33.3. The average Bonchev–Trinajstić information content (AvgIpc) is 3.74. The molecule has 1 unspecified atom stereocenters. The maximum Gasteiger partial charge on any atom is 0.313 e. The Labute approximate surface area is 335 Å². The third-order valence-electron chi connectivity index (χ3n) is 11.6. The number of fused-ring (bicyclic) bond motifs is 1. The number of alkyl halides is 1. The smallest absolute Gasteiger partial charge is 0.313 e. The minimum Gasteiger partial charge on any atom is -0.455 e. The number of hydrogen-bond acceptors (Lipinski definition) is 7. The summed E-state index contributed by atoms with van der Waals surface area (Å²) in [6.07, 6.45) is 3.46. The number of likely N-dealkylation sites (tertiary alicyclic amines) is 1. The Balaban J connectivity index is 1.60. The van der Waals surface area contributed by atoms with Gasteiger partial charge in [-0.2, -0.15) is 0 Å². The number of amides is 3. The highest BCUT2D eigenvalue weighted by Gasteiger charge is 2.78. The Kier molecular flexibility index (Phi) is 12.9. The molecule has 2 bridgehead atoms. The highest BCUT2D eigenvalue weighted by molar-refractivity contribution is 9.09. The van der Waals surface area contributed by atoms with Crippen molar-refractivity contribution < 1.29 is 33.8 Å². The second-order valence-corrected chi connectivity index (χ2v) is 18.3. The number of esters is 1. The number of likely N-dealkylation sites (N-methyl/N-ethyl adjacent to an activating group) is 1. The van der Waals surface area contributed by atoms with E-state index in [4.69, 9.17) is 9.47 Å². The van der Waals surface area contributed by atoms with Crippen LogP contribution >= 0.6 is 15.9 Å². The lowest BCUT2D eigenvalue weighted by Crippen LogP contribution is -2.61. The van der Waals surface area contributed by atoms with Crippen molar-refractivity contribution in [2.24, 2.45) is 17.3 Å². The van der Waals surface area contributed by atoms with Gasteiger partial charge in [0.25, 0.3) is 0 Å². The second-order valence-electron chi connectivity index (χ2n) is 17.1. The van der Waals surface area contributed by atoms with Crippen LogP contribution in [0.15, 0.2) is 86.0 Å². The van der Waals surface area contributed by atoms with Gasteiger partial charge in [0.05, 0.1) is 36.6 Å². The standard InChI is InChI=1S/C44H58BrN3O7/c1-10-12-23-33(50)46(9)28(3)36(30-21-17-14-18-22-30)54-41(53)34-35-39(51)48(32(26-49)29-19-15-13-16-20-29)38(44(35)25-31(45)37(34)55-44)40(52)47(24-11-2)43(7,8)27-42(4,5)6/h10-11,13-22,28,31-32,34-38,49H,1-2,12,23-27H2,3-9H3/t28-,31?,32+,34+,35-,36+,37+,38+,44-/m0/s1. The van der Waals surface area contributed by atoms with Crippen LogP contribution in [0.25, 0.3) is 0 Å². The number of allylic oxidation sites excluding steroid dienone is 1. The highest BCUT2D eigenvalue weighted by Crippen LogP contribution is 2.62. The van der Waals surface area contributed by atoms with Crippen molar-refractivity contribution in [2.75, 3.05) is 20.2 Å². The first-order valence-corrected chi connectivity index (χ1v) is 20.2. The lowest BCUT2D eigenvalue weighted by Gasteiger charge is -2.46. The van der Waals surface area contributed by atoms with Gasteiger partial charge in [0.15, 0.2) is 0 Å². The summed E-state index contributed by atoms with van der Waals surface area (Å²) in [7, 11) is 1.69. The molecule has 55 heavy (non-hydrogen) atoms. The zero-order valence-corrected chi connectivity index (χ0v) is 34.9. The summed E-state index contributed by atoms with van der Waals surface area (Å²) in [5.74, 6) is -3.68. The van der Waals surface area contributed by atoms with E-state index in [1.807, 2.05) is 81.4 Å². The number of ether oxygens (including phenoxy) is 2. The van der Waals surface area contributed by atoms with Gasteiger partial charge in [-0.1, -0.05) is 110 Å². The molecule has 3 aliphatic rings. The summed E-state index contributed by atoms with van der Waals surface area (Å²) in [5, 5.41) is 11.0. The van der Waals surface area contributed by atoms with Crippen LogP contribution in [-0.4, -0.2) is 97.9 Å². The maximum absolute atomic E-state index is 15.4. The molecule has 298 valence electrons. The monoisotopic (exact) mass is 819 g/mol. The number of rotatable bonds is 16. The first kappa shape index (κ1) is 42.3. The molecule has 5 rings (SSSR count). The van der Waals surface area contributed by atoms with E-state index in [1.165, 1.54) is 4.90 Å². The van der Waals surface area contributed by atoms with Crippen molar-refractivity contribution in [3.8, 4) is 0 Å². The largest absolute Gasteiger partial charge is 0.455 e. The first-order valence-electron chi connectivity index (χ1n) is 19.3. The molecule has 0 aliphatic carbocycles. The summed E-state index contributed by atoms with van der Waals surface area (Å²) < 4.78 is 13.3. The first-order chi connectivity index (χ1) is 25.9. The zero-order chi connectivity index (χ0) is 40.5. The van der Waals surface area contributed by atoms with Crippen LogP contribution in [0.5, 0.6) is 0 Å². The summed E-state index contributed by atoms with van der Waals surface area (Å²) in [6, 6.07) is 15.8. The third-order valence-corrected chi connectivity index (χ3v) is 12.4. The third kappa shape index (κ3) is 8.21. The van der Waals surface area contributed by atoms with E-state index in [9.17, 15) is 14.7 Å². The number of aliphatic hydroxyl groups is 1. The summed E-state index contributed by atoms with van der Waals surface area (Å²) >= 11 is 3.79. The lowest BCUT2D eigenvalue weighted by atomic mass is 9.70. The van der Waals surface area contributed by atoms with E-state index in [-0.39, 0.29) is 35.0 Å². The van der Waals surface area contributed by atoms with Crippen molar-refractivity contribution in [1.29, 1.82) is 0 Å². The van der Waals surface area contributed by atoms with Crippen LogP contribution in [-0.2, 0) is 28.7 Å². The normalized spacial score (nSPS) is 26.2. The van der Waals surface area contributed by atoms with Crippen LogP contribution in [0.2, 0.25) is 0 Å². The number of halogens is 1. The van der Waals surface area contributed by atoms with Gasteiger partial charge in [0, 0.05) is 30.4 Å². The summed E-state index contributed by atoms with van der Waals surface area (Å²) in [4.78, 5) is 63.0. The predicted molar refractivity (Wildman–Crippen MR) is 216 cm³/mol. The van der Waals surface area contributed by atoms with Gasteiger partial charge in [-0.15, -0.1) is 13.2 Å². The van der Waals surface area contributed by atoms with E-state index >= 15 is 9.59 Å². The molecule has 1 N–H and O–H groups in total. The van der Waals surface area contributed by atoms with Crippen molar-refractivity contribution in [3.63, 3.8) is 0 Å². The molecule has 11 heteroatoms. The van der Waals surface area contributed by atoms with Crippen molar-refractivity contribution >= 4 is 39.6 Å². The molecule has 3 saturated heterocycles. The number of aliphatic hydroxyl groups excluding tert-OH is 1. The molecule has 3 heterocycles. The van der Waals surface area contributed by atoms with Gasteiger partial charge in [-0.05, 0) is 56.6 Å². The van der Waals surface area contributed by atoms with Crippen molar-refractivity contribution in [3.05, 3.63) is 97.1 Å². The number of carbonyl (C=O) groups is 4. The van der Waals surface area contributed by atoms with Crippen molar-refractivity contribution in [1.82, 2.24) is 14.7 Å². The maximum atomic E-state index is 15.4. The van der Waals surface area contributed by atoms with Crippen molar-refractivity contribution in [2.45, 2.75) is 114 Å². The van der Waals surface area contributed by atoms with Crippen LogP contribution in [0.1, 0.15) is 90.5 Å². The molecule has 1 spiro atoms. The average molecular weight is 821 g/mol. The topological polar surface area (TPSA) is 117 Å². The second kappa shape index (κ2) is 16.7. The minimum atomic E-state index is -1.40. The van der Waals surface area contributed by atoms with E-state index < -0.39 is 71.8 Å². The van der Waals surface area contributed by atoms with Gasteiger partial charge >= 0.3 is 5.97 Å². The van der Waals surface area contributed by atoms with Crippen LogP contribution in [0.3, 0.4) is 0 Å². The molecule has 2 aromatic rings. The number of carbonyl (C=O) groups excluding carboxylic acids is 4. The molecule has 0 saturated carbocycles. The summed E-state index contributed by atoms with van der Waals surface area (Å²) in [5.41, 5.74) is -0.851. The fourth-order valence-corrected chi connectivity index (χ4v) is 10.4. The van der Waals surface area contributed by atoms with E-state index in [2.05, 4.69) is 49.9 Å². The highest BCUT2D eigenvalue weighted by atomic mass is 79.9. The van der Waals surface area contributed by atoms with Gasteiger partial charge in [0.1, 0.15) is 17.7 Å². The van der Waals surface area contributed by atoms with Gasteiger partial charge in [-0.3, -0.25) is 19.2 Å². The molecule has 3 fully saturated rings. The lowest BCUT2D eigenvalue weighted by molar-refractivity contribution is -0.165. The van der Waals surface area contributed by atoms with Gasteiger partial charge < -0.3 is 29.3 Å². The van der Waals surface area contributed by atoms with E-state index in [0.29, 0.717) is 30.4 Å². The SMILES string of the molecule is C=CCCC(=O)N(C)[C@@H](C)[C@@H](OC(=O)[C@H]1[C@@H]2O[C@@]3(CC2Br)[C@@H]1C(=O)N([C@H](CO)c1ccccc1)[C@@H]3C(=O)N(CC=C)C(C)(C)CC(C)(C)C)c1ccccc1. The Bertz CT molecular complexity index is 1730. The molecule has 3 amide bonds. The molecule has 2 aromatic carbocycles. The molecule has 0 aromatic heterocycles. The molecule has 9 atom stereocenters. The Morgan fingerprint density at radius 1 is 1.04 bits per heavy atom. The predicted octanol–water partition coefficient (Wildman–Crippen LogP) is 6.80. The minimum absolute atomic E-state index is 0.121. The summed E-state index contributed by atoms with van der Waals surface area (Å²) in [6.45, 7) is 19.7. The molecule has 10 nitrogen and oxygen atoms in total. The molecular weight excluding hydrogens is 762 g/mol.